The van der Waals surface area contributed by atoms with E-state index in [9.17, 15) is 0 Å². The van der Waals surface area contributed by atoms with Gasteiger partial charge in [0.2, 0.25) is 0 Å². The second-order valence-electron chi connectivity index (χ2n) is 4.35. The van der Waals surface area contributed by atoms with Gasteiger partial charge in [0.15, 0.2) is 0 Å². The van der Waals surface area contributed by atoms with E-state index in [1.807, 2.05) is 24.3 Å². The number of anilines is 1. The summed E-state index contributed by atoms with van der Waals surface area (Å²) in [7, 11) is 1.79. The molecule has 3 heteroatoms. The first kappa shape index (κ1) is 11.7. The minimum absolute atomic E-state index is 0.397. The van der Waals surface area contributed by atoms with Gasteiger partial charge in [0.05, 0.1) is 16.8 Å². The molecular weight excluding hydrogens is 222 g/mol. The normalized spacial score (nSPS) is 25.4. The average Bonchev–Trinajstić information content (AvgIpc) is 2.32. The van der Waals surface area contributed by atoms with Crippen LogP contribution in [0.4, 0.5) is 5.69 Å². The second-order valence-corrected chi connectivity index (χ2v) is 4.75. The monoisotopic (exact) mass is 239 g/mol. The second kappa shape index (κ2) is 5.55. The standard InChI is InChI=1S/C13H18ClNO/c1-16-11-6-4-5-10(9-11)15-13-8-3-2-7-12(13)14/h2-3,7-8,10-11,15H,4-6,9H2,1H3. The highest BCUT2D eigenvalue weighted by atomic mass is 35.5. The molecule has 1 aromatic carbocycles. The van der Waals surface area contributed by atoms with E-state index >= 15 is 0 Å². The topological polar surface area (TPSA) is 21.3 Å². The SMILES string of the molecule is COC1CCCC(Nc2ccccc2Cl)C1. The van der Waals surface area contributed by atoms with Crippen molar-refractivity contribution >= 4 is 17.3 Å². The zero-order valence-electron chi connectivity index (χ0n) is 9.58. The highest BCUT2D eigenvalue weighted by molar-refractivity contribution is 6.33. The lowest BCUT2D eigenvalue weighted by Gasteiger charge is -2.29. The minimum atomic E-state index is 0.397. The molecule has 0 bridgehead atoms. The van der Waals surface area contributed by atoms with Gasteiger partial charge in [-0.05, 0) is 37.8 Å². The number of para-hydroxylation sites is 1. The van der Waals surface area contributed by atoms with E-state index in [0.29, 0.717) is 12.1 Å². The van der Waals surface area contributed by atoms with Gasteiger partial charge in [0.1, 0.15) is 0 Å². The van der Waals surface area contributed by atoms with E-state index in [-0.39, 0.29) is 0 Å². The number of methoxy groups -OCH3 is 1. The van der Waals surface area contributed by atoms with Gasteiger partial charge in [-0.1, -0.05) is 23.7 Å². The first-order valence-corrected chi connectivity index (χ1v) is 6.21. The molecule has 0 spiro atoms. The largest absolute Gasteiger partial charge is 0.381 e. The number of halogens is 1. The van der Waals surface area contributed by atoms with Crippen molar-refractivity contribution in [3.8, 4) is 0 Å². The van der Waals surface area contributed by atoms with Crippen LogP contribution in [-0.4, -0.2) is 19.3 Å². The van der Waals surface area contributed by atoms with Crippen molar-refractivity contribution in [3.05, 3.63) is 29.3 Å². The summed E-state index contributed by atoms with van der Waals surface area (Å²) in [6, 6.07) is 8.38. The molecule has 1 aliphatic carbocycles. The molecule has 16 heavy (non-hydrogen) atoms. The van der Waals surface area contributed by atoms with Crippen LogP contribution in [0.2, 0.25) is 5.02 Å². The molecule has 0 amide bonds. The minimum Gasteiger partial charge on any atom is -0.381 e. The highest BCUT2D eigenvalue weighted by Gasteiger charge is 2.21. The molecule has 2 atom stereocenters. The number of rotatable bonds is 3. The average molecular weight is 240 g/mol. The van der Waals surface area contributed by atoms with E-state index in [1.54, 1.807) is 7.11 Å². The van der Waals surface area contributed by atoms with E-state index in [1.165, 1.54) is 19.3 Å². The lowest BCUT2D eigenvalue weighted by Crippen LogP contribution is -2.31. The van der Waals surface area contributed by atoms with Gasteiger partial charge in [-0.25, -0.2) is 0 Å². The third kappa shape index (κ3) is 2.89. The van der Waals surface area contributed by atoms with E-state index < -0.39 is 0 Å². The van der Waals surface area contributed by atoms with Crippen LogP contribution in [0.25, 0.3) is 0 Å². The third-order valence-electron chi connectivity index (χ3n) is 3.19. The first-order valence-electron chi connectivity index (χ1n) is 5.83. The summed E-state index contributed by atoms with van der Waals surface area (Å²) >= 11 is 6.12. The molecule has 0 radical (unpaired) electrons. The molecule has 2 rings (SSSR count). The maximum absolute atomic E-state index is 6.12. The molecule has 0 heterocycles. The van der Waals surface area contributed by atoms with E-state index in [2.05, 4.69) is 5.32 Å². The Labute approximate surface area is 102 Å². The Bertz CT molecular complexity index is 342. The van der Waals surface area contributed by atoms with Crippen LogP contribution in [0.5, 0.6) is 0 Å². The molecule has 88 valence electrons. The fourth-order valence-electron chi connectivity index (χ4n) is 2.29. The summed E-state index contributed by atoms with van der Waals surface area (Å²) in [5, 5.41) is 4.30. The molecule has 2 nitrogen and oxygen atoms in total. The molecule has 0 saturated heterocycles. The zero-order valence-corrected chi connectivity index (χ0v) is 10.3. The van der Waals surface area contributed by atoms with Crippen LogP contribution in [0.15, 0.2) is 24.3 Å². The predicted octanol–water partition coefficient (Wildman–Crippen LogP) is 3.71. The van der Waals surface area contributed by atoms with Gasteiger partial charge in [-0.15, -0.1) is 0 Å². The van der Waals surface area contributed by atoms with Gasteiger partial charge < -0.3 is 10.1 Å². The van der Waals surface area contributed by atoms with Crippen molar-refractivity contribution in [1.29, 1.82) is 0 Å². The van der Waals surface area contributed by atoms with Crippen molar-refractivity contribution in [2.75, 3.05) is 12.4 Å². The number of hydrogen-bond donors (Lipinski definition) is 1. The number of hydrogen-bond acceptors (Lipinski definition) is 2. The Kier molecular flexibility index (Phi) is 4.08. The number of nitrogens with one attached hydrogen (secondary N) is 1. The Balaban J connectivity index is 1.97. The van der Waals surface area contributed by atoms with Crippen molar-refractivity contribution in [2.24, 2.45) is 0 Å². The molecule has 0 aliphatic heterocycles. The van der Waals surface area contributed by atoms with Crippen LogP contribution in [0.1, 0.15) is 25.7 Å². The van der Waals surface area contributed by atoms with Gasteiger partial charge in [-0.2, -0.15) is 0 Å². The maximum atomic E-state index is 6.12. The van der Waals surface area contributed by atoms with E-state index in [0.717, 1.165) is 17.1 Å². The van der Waals surface area contributed by atoms with Crippen LogP contribution >= 0.6 is 11.6 Å². The summed E-state index contributed by atoms with van der Waals surface area (Å²) in [5.74, 6) is 0. The van der Waals surface area contributed by atoms with Crippen molar-refractivity contribution in [2.45, 2.75) is 37.8 Å². The zero-order chi connectivity index (χ0) is 11.4. The van der Waals surface area contributed by atoms with Crippen molar-refractivity contribution < 1.29 is 4.74 Å². The Hall–Kier alpha value is -0.730. The van der Waals surface area contributed by atoms with Crippen molar-refractivity contribution in [1.82, 2.24) is 0 Å². The lowest BCUT2D eigenvalue weighted by molar-refractivity contribution is 0.0669. The summed E-state index contributed by atoms with van der Waals surface area (Å²) < 4.78 is 5.42. The predicted molar refractivity (Wildman–Crippen MR) is 68.1 cm³/mol. The molecule has 1 aromatic rings. The van der Waals surface area contributed by atoms with Crippen LogP contribution < -0.4 is 5.32 Å². The quantitative estimate of drug-likeness (QED) is 0.868. The smallest absolute Gasteiger partial charge is 0.0637 e. The Morgan fingerprint density at radius 2 is 2.12 bits per heavy atom. The Morgan fingerprint density at radius 1 is 1.31 bits per heavy atom. The molecule has 1 aliphatic rings. The number of ether oxygens (including phenoxy) is 1. The molecule has 0 aromatic heterocycles. The van der Waals surface area contributed by atoms with Crippen molar-refractivity contribution in [3.63, 3.8) is 0 Å². The Morgan fingerprint density at radius 3 is 2.88 bits per heavy atom. The molecule has 1 fully saturated rings. The van der Waals surface area contributed by atoms with Crippen LogP contribution in [0, 0.1) is 0 Å². The van der Waals surface area contributed by atoms with Gasteiger partial charge in [-0.3, -0.25) is 0 Å². The summed E-state index contributed by atoms with van der Waals surface area (Å²) in [5.41, 5.74) is 1.03. The van der Waals surface area contributed by atoms with Gasteiger partial charge in [0, 0.05) is 13.2 Å². The first-order chi connectivity index (χ1) is 7.79. The fourth-order valence-corrected chi connectivity index (χ4v) is 2.48. The summed E-state index contributed by atoms with van der Waals surface area (Å²) in [4.78, 5) is 0. The maximum Gasteiger partial charge on any atom is 0.0637 e. The van der Waals surface area contributed by atoms with Crippen LogP contribution in [0.3, 0.4) is 0 Å². The highest BCUT2D eigenvalue weighted by Crippen LogP contribution is 2.27. The van der Waals surface area contributed by atoms with Crippen LogP contribution in [-0.2, 0) is 4.74 Å². The lowest BCUT2D eigenvalue weighted by atomic mass is 9.92. The molecule has 2 unspecified atom stereocenters. The molecule has 1 saturated carbocycles. The van der Waals surface area contributed by atoms with Gasteiger partial charge in [0.25, 0.3) is 0 Å². The summed E-state index contributed by atoms with van der Waals surface area (Å²) in [6.45, 7) is 0. The third-order valence-corrected chi connectivity index (χ3v) is 3.52. The molecular formula is C13H18ClNO. The fraction of sp³-hybridized carbons (Fsp3) is 0.538. The van der Waals surface area contributed by atoms with E-state index in [4.69, 9.17) is 16.3 Å². The molecule has 1 N–H and O–H groups in total. The summed E-state index contributed by atoms with van der Waals surface area (Å²) in [6.07, 6.45) is 5.07. The number of benzene rings is 1. The van der Waals surface area contributed by atoms with Gasteiger partial charge >= 0.3 is 0 Å².